The van der Waals surface area contributed by atoms with Gasteiger partial charge in [-0.1, -0.05) is 5.16 Å². The van der Waals surface area contributed by atoms with Crippen LogP contribution in [-0.4, -0.2) is 36.7 Å². The summed E-state index contributed by atoms with van der Waals surface area (Å²) in [5.41, 5.74) is 1.70. The van der Waals surface area contributed by atoms with Crippen molar-refractivity contribution in [2.75, 3.05) is 25.5 Å². The smallest absolute Gasteiger partial charge is 0.251 e. The van der Waals surface area contributed by atoms with Crippen molar-refractivity contribution in [2.24, 2.45) is 0 Å². The molecule has 20 heavy (non-hydrogen) atoms. The summed E-state index contributed by atoms with van der Waals surface area (Å²) in [5, 5.41) is 6.60. The van der Waals surface area contributed by atoms with Gasteiger partial charge in [-0.05, 0) is 24.3 Å². The van der Waals surface area contributed by atoms with E-state index in [1.54, 1.807) is 6.92 Å². The third kappa shape index (κ3) is 3.57. The Labute approximate surface area is 117 Å². The lowest BCUT2D eigenvalue weighted by atomic mass is 10.2. The van der Waals surface area contributed by atoms with E-state index in [0.717, 1.165) is 5.69 Å². The molecule has 1 aromatic carbocycles. The molecule has 6 heteroatoms. The molecule has 0 aliphatic rings. The van der Waals surface area contributed by atoms with Gasteiger partial charge in [0.05, 0.1) is 0 Å². The molecule has 2 aromatic rings. The van der Waals surface area contributed by atoms with E-state index in [4.69, 9.17) is 4.52 Å². The first-order valence-corrected chi connectivity index (χ1v) is 6.41. The summed E-state index contributed by atoms with van der Waals surface area (Å²) in [6, 6.07) is 7.45. The first-order chi connectivity index (χ1) is 9.56. The Kier molecular flexibility index (Phi) is 4.34. The van der Waals surface area contributed by atoms with Crippen molar-refractivity contribution in [3.8, 4) is 0 Å². The van der Waals surface area contributed by atoms with Crippen molar-refractivity contribution in [1.29, 1.82) is 0 Å². The first kappa shape index (κ1) is 14.0. The third-order valence-corrected chi connectivity index (χ3v) is 2.85. The zero-order chi connectivity index (χ0) is 14.5. The Morgan fingerprint density at radius 3 is 2.55 bits per heavy atom. The Morgan fingerprint density at radius 1 is 1.30 bits per heavy atom. The second kappa shape index (κ2) is 6.18. The summed E-state index contributed by atoms with van der Waals surface area (Å²) < 4.78 is 4.86. The van der Waals surface area contributed by atoms with Crippen LogP contribution in [0.5, 0.6) is 0 Å². The summed E-state index contributed by atoms with van der Waals surface area (Å²) in [4.78, 5) is 18.0. The van der Waals surface area contributed by atoms with Crippen LogP contribution in [0.2, 0.25) is 0 Å². The molecular weight excluding hydrogens is 256 g/mol. The SMILES string of the molecule is Cc1nc(CCNC(=O)c2ccc(N(C)C)cc2)no1. The quantitative estimate of drug-likeness (QED) is 0.892. The van der Waals surface area contributed by atoms with Crippen LogP contribution in [0.4, 0.5) is 5.69 Å². The molecule has 6 nitrogen and oxygen atoms in total. The minimum Gasteiger partial charge on any atom is -0.378 e. The van der Waals surface area contributed by atoms with Crippen molar-refractivity contribution in [3.05, 3.63) is 41.5 Å². The lowest BCUT2D eigenvalue weighted by Gasteiger charge is -2.12. The number of hydrogen-bond acceptors (Lipinski definition) is 5. The van der Waals surface area contributed by atoms with Crippen molar-refractivity contribution in [1.82, 2.24) is 15.5 Å². The molecule has 0 unspecified atom stereocenters. The number of carbonyl (C=O) groups excluding carboxylic acids is 1. The molecule has 1 amide bonds. The molecule has 0 aliphatic heterocycles. The van der Waals surface area contributed by atoms with Gasteiger partial charge in [0.1, 0.15) is 0 Å². The molecule has 0 saturated carbocycles. The molecule has 1 heterocycles. The van der Waals surface area contributed by atoms with Gasteiger partial charge < -0.3 is 14.7 Å². The largest absolute Gasteiger partial charge is 0.378 e. The fourth-order valence-corrected chi connectivity index (χ4v) is 1.74. The Morgan fingerprint density at radius 2 is 2.00 bits per heavy atom. The molecule has 0 bridgehead atoms. The summed E-state index contributed by atoms with van der Waals surface area (Å²) in [6.45, 7) is 2.22. The molecule has 1 aromatic heterocycles. The van der Waals surface area contributed by atoms with Crippen molar-refractivity contribution >= 4 is 11.6 Å². The lowest BCUT2D eigenvalue weighted by Crippen LogP contribution is -2.26. The van der Waals surface area contributed by atoms with Crippen molar-refractivity contribution in [3.63, 3.8) is 0 Å². The number of nitrogens with zero attached hydrogens (tertiary/aromatic N) is 3. The normalized spacial score (nSPS) is 10.3. The van der Waals surface area contributed by atoms with Gasteiger partial charge in [-0.15, -0.1) is 0 Å². The van der Waals surface area contributed by atoms with E-state index in [2.05, 4.69) is 15.5 Å². The maximum absolute atomic E-state index is 11.9. The van der Waals surface area contributed by atoms with Gasteiger partial charge in [-0.25, -0.2) is 0 Å². The molecule has 0 saturated heterocycles. The summed E-state index contributed by atoms with van der Waals surface area (Å²) in [6.07, 6.45) is 0.554. The number of hydrogen-bond donors (Lipinski definition) is 1. The van der Waals surface area contributed by atoms with Gasteiger partial charge in [-0.3, -0.25) is 4.79 Å². The van der Waals surface area contributed by atoms with Gasteiger partial charge in [0.25, 0.3) is 5.91 Å². The summed E-state index contributed by atoms with van der Waals surface area (Å²) >= 11 is 0. The van der Waals surface area contributed by atoms with E-state index in [9.17, 15) is 4.79 Å². The minimum absolute atomic E-state index is 0.101. The number of rotatable bonds is 5. The average Bonchev–Trinajstić information content (AvgIpc) is 2.84. The van der Waals surface area contributed by atoms with E-state index in [1.807, 2.05) is 43.3 Å². The highest BCUT2D eigenvalue weighted by atomic mass is 16.5. The highest BCUT2D eigenvalue weighted by Crippen LogP contribution is 2.12. The predicted molar refractivity (Wildman–Crippen MR) is 75.8 cm³/mol. The first-order valence-electron chi connectivity index (χ1n) is 6.41. The van der Waals surface area contributed by atoms with Gasteiger partial charge >= 0.3 is 0 Å². The van der Waals surface area contributed by atoms with Crippen LogP contribution in [0.1, 0.15) is 22.1 Å². The number of aromatic nitrogens is 2. The molecular formula is C14H18N4O2. The number of amides is 1. The maximum atomic E-state index is 11.9. The zero-order valence-electron chi connectivity index (χ0n) is 11.9. The number of carbonyl (C=O) groups is 1. The van der Waals surface area contributed by atoms with E-state index >= 15 is 0 Å². The molecule has 0 aliphatic carbocycles. The fourth-order valence-electron chi connectivity index (χ4n) is 1.74. The number of benzene rings is 1. The second-order valence-electron chi connectivity index (χ2n) is 4.68. The molecule has 2 rings (SSSR count). The summed E-state index contributed by atoms with van der Waals surface area (Å²) in [7, 11) is 3.92. The van der Waals surface area contributed by atoms with E-state index in [-0.39, 0.29) is 5.91 Å². The Balaban J connectivity index is 1.85. The van der Waals surface area contributed by atoms with Crippen LogP contribution in [0.15, 0.2) is 28.8 Å². The molecule has 0 fully saturated rings. The Bertz CT molecular complexity index is 575. The lowest BCUT2D eigenvalue weighted by molar-refractivity contribution is 0.0954. The van der Waals surface area contributed by atoms with Gasteiger partial charge in [0.15, 0.2) is 5.82 Å². The van der Waals surface area contributed by atoms with Crippen LogP contribution in [-0.2, 0) is 6.42 Å². The maximum Gasteiger partial charge on any atom is 0.251 e. The van der Waals surface area contributed by atoms with E-state index < -0.39 is 0 Å². The summed E-state index contributed by atoms with van der Waals surface area (Å²) in [5.74, 6) is 1.03. The van der Waals surface area contributed by atoms with Crippen LogP contribution in [0.25, 0.3) is 0 Å². The van der Waals surface area contributed by atoms with Gasteiger partial charge in [-0.2, -0.15) is 4.98 Å². The van der Waals surface area contributed by atoms with Crippen LogP contribution in [0, 0.1) is 6.92 Å². The van der Waals surface area contributed by atoms with Gasteiger partial charge in [0.2, 0.25) is 5.89 Å². The molecule has 1 N–H and O–H groups in total. The standard InChI is InChI=1S/C14H18N4O2/c1-10-16-13(17-20-10)8-9-15-14(19)11-4-6-12(7-5-11)18(2)3/h4-7H,8-9H2,1-3H3,(H,15,19). The van der Waals surface area contributed by atoms with Crippen molar-refractivity contribution in [2.45, 2.75) is 13.3 Å². The molecule has 0 spiro atoms. The molecule has 0 atom stereocenters. The van der Waals surface area contributed by atoms with Crippen LogP contribution in [0.3, 0.4) is 0 Å². The topological polar surface area (TPSA) is 71.3 Å². The monoisotopic (exact) mass is 274 g/mol. The number of aryl methyl sites for hydroxylation is 1. The highest BCUT2D eigenvalue weighted by molar-refractivity contribution is 5.94. The van der Waals surface area contributed by atoms with Crippen molar-refractivity contribution < 1.29 is 9.32 Å². The van der Waals surface area contributed by atoms with Crippen LogP contribution >= 0.6 is 0 Å². The van der Waals surface area contributed by atoms with Crippen LogP contribution < -0.4 is 10.2 Å². The molecule has 106 valence electrons. The average molecular weight is 274 g/mol. The van der Waals surface area contributed by atoms with E-state index in [1.165, 1.54) is 0 Å². The molecule has 0 radical (unpaired) electrons. The fraction of sp³-hybridized carbons (Fsp3) is 0.357. The second-order valence-corrected chi connectivity index (χ2v) is 4.68. The Hall–Kier alpha value is -2.37. The number of nitrogens with one attached hydrogen (secondary N) is 1. The predicted octanol–water partition coefficient (Wildman–Crippen LogP) is 1.42. The highest BCUT2D eigenvalue weighted by Gasteiger charge is 2.07. The number of anilines is 1. The van der Waals surface area contributed by atoms with Gasteiger partial charge in [0, 0.05) is 45.2 Å². The van der Waals surface area contributed by atoms with E-state index in [0.29, 0.717) is 30.2 Å². The zero-order valence-corrected chi connectivity index (χ0v) is 11.9. The minimum atomic E-state index is -0.101. The third-order valence-electron chi connectivity index (χ3n) is 2.85.